The molecular formula is C10H11N3O4S2. The molecule has 0 spiro atoms. The smallest absolute Gasteiger partial charge is 0.250 e. The van der Waals surface area contributed by atoms with Crippen LogP contribution in [-0.4, -0.2) is 25.4 Å². The Labute approximate surface area is 113 Å². The van der Waals surface area contributed by atoms with Gasteiger partial charge in [0.05, 0.1) is 12.0 Å². The molecule has 0 radical (unpaired) electrons. The van der Waals surface area contributed by atoms with Crippen LogP contribution in [0.3, 0.4) is 0 Å². The van der Waals surface area contributed by atoms with Crippen LogP contribution in [0.1, 0.15) is 5.69 Å². The molecule has 0 aliphatic heterocycles. The number of carboxylic acid groups (broad SMARTS) is 1. The summed E-state index contributed by atoms with van der Waals surface area (Å²) in [6.45, 7) is 0. The molecule has 1 atom stereocenters. The lowest BCUT2D eigenvalue weighted by atomic mass is 10.2. The summed E-state index contributed by atoms with van der Waals surface area (Å²) in [5, 5.41) is 12.6. The fourth-order valence-corrected chi connectivity index (χ4v) is 3.69. The molecule has 0 saturated carbocycles. The van der Waals surface area contributed by atoms with E-state index < -0.39 is 22.0 Å². The number of imidazole rings is 1. The number of carboxylic acids is 1. The van der Waals surface area contributed by atoms with E-state index in [-0.39, 0.29) is 10.6 Å². The van der Waals surface area contributed by atoms with Gasteiger partial charge >= 0.3 is 0 Å². The molecule has 0 fully saturated rings. The molecule has 0 aliphatic carbocycles. The van der Waals surface area contributed by atoms with Crippen molar-refractivity contribution in [2.45, 2.75) is 16.7 Å². The van der Waals surface area contributed by atoms with E-state index in [4.69, 9.17) is 0 Å². The Morgan fingerprint density at radius 3 is 2.89 bits per heavy atom. The Kier molecular flexibility index (Phi) is 3.98. The number of hydrogen-bond donors (Lipinski definition) is 2. The average molecular weight is 301 g/mol. The van der Waals surface area contributed by atoms with Crippen LogP contribution >= 0.6 is 11.3 Å². The average Bonchev–Trinajstić information content (AvgIpc) is 3.00. The molecule has 102 valence electrons. The predicted molar refractivity (Wildman–Crippen MR) is 64.5 cm³/mol. The van der Waals surface area contributed by atoms with Gasteiger partial charge in [-0.1, -0.05) is 6.07 Å². The molecule has 3 N–H and O–H groups in total. The first-order valence-electron chi connectivity index (χ1n) is 5.29. The lowest BCUT2D eigenvalue weighted by Crippen LogP contribution is -2.49. The first-order valence-corrected chi connectivity index (χ1v) is 7.65. The number of aliphatic carboxylic acids is 1. The van der Waals surface area contributed by atoms with E-state index in [1.807, 2.05) is 0 Å². The van der Waals surface area contributed by atoms with Gasteiger partial charge in [-0.15, -0.1) is 11.3 Å². The molecule has 7 nitrogen and oxygen atoms in total. The van der Waals surface area contributed by atoms with Crippen molar-refractivity contribution >= 4 is 27.3 Å². The molecule has 0 unspecified atom stereocenters. The van der Waals surface area contributed by atoms with E-state index >= 15 is 0 Å². The van der Waals surface area contributed by atoms with Crippen LogP contribution in [0.15, 0.2) is 34.2 Å². The zero-order valence-electron chi connectivity index (χ0n) is 9.62. The molecule has 2 heterocycles. The predicted octanol–water partition coefficient (Wildman–Crippen LogP) is -1.47. The fourth-order valence-electron chi connectivity index (χ4n) is 1.49. The standard InChI is InChI=1S/C10H11N3O4S2/c14-10(15)8(4-7-5-11-6-12-7)13-19(16,17)9-2-1-3-18-9/h1-3,5-6,8,13H,4H2,(H,11,12)(H,14,15)/t8-/m0/s1. The number of nitrogens with one attached hydrogen (secondary N) is 3. The summed E-state index contributed by atoms with van der Waals surface area (Å²) in [7, 11) is -3.84. The van der Waals surface area contributed by atoms with Crippen LogP contribution in [0, 0.1) is 0 Å². The number of H-pyrrole nitrogens is 2. The van der Waals surface area contributed by atoms with Crippen molar-refractivity contribution in [3.63, 3.8) is 0 Å². The third-order valence-corrected chi connectivity index (χ3v) is 5.23. The molecule has 0 aliphatic rings. The summed E-state index contributed by atoms with van der Waals surface area (Å²) in [4.78, 5) is 16.5. The summed E-state index contributed by atoms with van der Waals surface area (Å²) >= 11 is 1.01. The quantitative estimate of drug-likeness (QED) is 0.677. The van der Waals surface area contributed by atoms with Crippen LogP contribution in [0.25, 0.3) is 0 Å². The van der Waals surface area contributed by atoms with E-state index in [0.29, 0.717) is 5.69 Å². The maximum atomic E-state index is 11.9. The molecular weight excluding hydrogens is 290 g/mol. The van der Waals surface area contributed by atoms with Crippen LogP contribution in [0.2, 0.25) is 0 Å². The molecule has 0 bridgehead atoms. The second-order valence-corrected chi connectivity index (χ2v) is 6.64. The van der Waals surface area contributed by atoms with Crippen molar-refractivity contribution in [3.05, 3.63) is 35.7 Å². The Balaban J connectivity index is 2.15. The molecule has 0 amide bonds. The van der Waals surface area contributed by atoms with Crippen LogP contribution in [0.4, 0.5) is 0 Å². The van der Waals surface area contributed by atoms with E-state index in [0.717, 1.165) is 11.3 Å². The van der Waals surface area contributed by atoms with Crippen LogP contribution in [-0.2, 0) is 21.2 Å². The second-order valence-electron chi connectivity index (χ2n) is 3.75. The number of rotatable bonds is 6. The van der Waals surface area contributed by atoms with E-state index in [1.165, 1.54) is 12.4 Å². The first-order chi connectivity index (χ1) is 8.99. The molecule has 0 aromatic carbocycles. The fraction of sp³-hybridized carbons (Fsp3) is 0.200. The molecule has 19 heavy (non-hydrogen) atoms. The van der Waals surface area contributed by atoms with Crippen molar-refractivity contribution in [3.8, 4) is 0 Å². The number of carbonyl (C=O) groups is 1. The van der Waals surface area contributed by atoms with Crippen molar-refractivity contribution < 1.29 is 23.3 Å². The minimum absolute atomic E-state index is 0.0313. The SMILES string of the molecule is O=C([O-])[C@H](Cc1c[nH+]c[nH]1)NS(=O)(=O)c1cccs1. The van der Waals surface area contributed by atoms with Gasteiger partial charge in [0.25, 0.3) is 10.0 Å². The van der Waals surface area contributed by atoms with Gasteiger partial charge in [0.15, 0.2) is 0 Å². The lowest BCUT2D eigenvalue weighted by Gasteiger charge is -2.17. The van der Waals surface area contributed by atoms with Gasteiger partial charge in [-0.05, 0) is 11.4 Å². The molecule has 2 rings (SSSR count). The van der Waals surface area contributed by atoms with Crippen molar-refractivity contribution in [2.75, 3.05) is 0 Å². The highest BCUT2D eigenvalue weighted by Crippen LogP contribution is 2.16. The second kappa shape index (κ2) is 5.51. The van der Waals surface area contributed by atoms with Crippen molar-refractivity contribution in [2.24, 2.45) is 0 Å². The van der Waals surface area contributed by atoms with Gasteiger partial charge in [0.2, 0.25) is 6.33 Å². The zero-order valence-corrected chi connectivity index (χ0v) is 11.3. The summed E-state index contributed by atoms with van der Waals surface area (Å²) in [5.74, 6) is -1.48. The van der Waals surface area contributed by atoms with Gasteiger partial charge in [0.1, 0.15) is 16.1 Å². The van der Waals surface area contributed by atoms with Gasteiger partial charge < -0.3 is 9.90 Å². The Morgan fingerprint density at radius 2 is 2.37 bits per heavy atom. The number of thiophene rings is 1. The molecule has 2 aromatic rings. The van der Waals surface area contributed by atoms with Gasteiger partial charge in [-0.2, -0.15) is 0 Å². The minimum atomic E-state index is -3.84. The number of sulfonamides is 1. The van der Waals surface area contributed by atoms with Gasteiger partial charge in [-0.25, -0.2) is 18.1 Å². The summed E-state index contributed by atoms with van der Waals surface area (Å²) < 4.78 is 26.0. The lowest BCUT2D eigenvalue weighted by molar-refractivity contribution is -0.376. The summed E-state index contributed by atoms with van der Waals surface area (Å²) in [5.41, 5.74) is 0.558. The number of aromatic nitrogens is 2. The molecule has 0 saturated heterocycles. The highest BCUT2D eigenvalue weighted by atomic mass is 32.2. The Bertz CT molecular complexity index is 634. The molecule has 9 heteroatoms. The molecule has 2 aromatic heterocycles. The van der Waals surface area contributed by atoms with Crippen molar-refractivity contribution in [1.82, 2.24) is 9.71 Å². The highest BCUT2D eigenvalue weighted by Gasteiger charge is 2.23. The van der Waals surface area contributed by atoms with Gasteiger partial charge in [-0.3, -0.25) is 4.98 Å². The highest BCUT2D eigenvalue weighted by molar-refractivity contribution is 7.91. The number of hydrogen-bond acceptors (Lipinski definition) is 5. The summed E-state index contributed by atoms with van der Waals surface area (Å²) in [6.07, 6.45) is 3.03. The van der Waals surface area contributed by atoms with E-state index in [9.17, 15) is 18.3 Å². The number of carbonyl (C=O) groups excluding carboxylic acids is 1. The van der Waals surface area contributed by atoms with Crippen molar-refractivity contribution in [1.29, 1.82) is 0 Å². The Hall–Kier alpha value is -1.71. The van der Waals surface area contributed by atoms with Crippen LogP contribution < -0.4 is 14.8 Å². The zero-order chi connectivity index (χ0) is 13.9. The minimum Gasteiger partial charge on any atom is -0.548 e. The maximum Gasteiger partial charge on any atom is 0.250 e. The van der Waals surface area contributed by atoms with E-state index in [1.54, 1.807) is 17.6 Å². The van der Waals surface area contributed by atoms with Gasteiger partial charge in [0, 0.05) is 6.42 Å². The third kappa shape index (κ3) is 3.40. The third-order valence-electron chi connectivity index (χ3n) is 2.36. The van der Waals surface area contributed by atoms with E-state index in [2.05, 4.69) is 14.7 Å². The first kappa shape index (κ1) is 13.7. The largest absolute Gasteiger partial charge is 0.548 e. The van der Waals surface area contributed by atoms with Crippen LogP contribution in [0.5, 0.6) is 0 Å². The monoisotopic (exact) mass is 301 g/mol. The maximum absolute atomic E-state index is 11.9. The topological polar surface area (TPSA) is 116 Å². The number of aromatic amines is 2. The summed E-state index contributed by atoms with van der Waals surface area (Å²) in [6, 6.07) is 1.65. The normalized spacial score (nSPS) is 13.3. The Morgan fingerprint density at radius 1 is 1.58 bits per heavy atom.